The zero-order valence-electron chi connectivity index (χ0n) is 16.5. The van der Waals surface area contributed by atoms with Crippen molar-refractivity contribution in [3.63, 3.8) is 0 Å². The number of anilines is 2. The number of hydrogen-bond donors (Lipinski definition) is 2. The fraction of sp³-hybridized carbons (Fsp3) is 0.435. The number of nitrogens with zero attached hydrogens (tertiary/aromatic N) is 1. The number of rotatable bonds is 7. The Balaban J connectivity index is 1.26. The van der Waals surface area contributed by atoms with Gasteiger partial charge in [0.15, 0.2) is 0 Å². The van der Waals surface area contributed by atoms with Crippen LogP contribution in [0.15, 0.2) is 42.5 Å². The van der Waals surface area contributed by atoms with Gasteiger partial charge in [-0.1, -0.05) is 18.2 Å². The standard InChI is InChI=1S/C23H29N3O2/c1-17(24-16-18-7-8-22-19(14-18)9-12-28-22)13-23(27)25-20-5-4-6-21(15-20)26-10-2-3-11-26/h4-8,14-15,17,24H,2-3,9-13,16H2,1H3,(H,25,27). The van der Waals surface area contributed by atoms with Crippen molar-refractivity contribution in [2.45, 2.75) is 45.2 Å². The van der Waals surface area contributed by atoms with Gasteiger partial charge in [-0.25, -0.2) is 0 Å². The largest absolute Gasteiger partial charge is 0.493 e. The fourth-order valence-corrected chi connectivity index (χ4v) is 3.96. The molecule has 1 atom stereocenters. The second-order valence-corrected chi connectivity index (χ2v) is 7.82. The molecule has 1 saturated heterocycles. The number of nitrogens with one attached hydrogen (secondary N) is 2. The minimum absolute atomic E-state index is 0.0425. The summed E-state index contributed by atoms with van der Waals surface area (Å²) in [4.78, 5) is 14.8. The molecule has 4 rings (SSSR count). The van der Waals surface area contributed by atoms with E-state index in [1.54, 1.807) is 0 Å². The summed E-state index contributed by atoms with van der Waals surface area (Å²) in [6.07, 6.45) is 3.92. The first kappa shape index (κ1) is 18.8. The highest BCUT2D eigenvalue weighted by Gasteiger charge is 2.15. The van der Waals surface area contributed by atoms with E-state index in [0.29, 0.717) is 6.42 Å². The molecule has 148 valence electrons. The first-order chi connectivity index (χ1) is 13.7. The lowest BCUT2D eigenvalue weighted by Gasteiger charge is -2.19. The van der Waals surface area contributed by atoms with Crippen LogP contribution in [0.25, 0.3) is 0 Å². The molecule has 1 unspecified atom stereocenters. The number of hydrogen-bond acceptors (Lipinski definition) is 4. The summed E-state index contributed by atoms with van der Waals surface area (Å²) >= 11 is 0. The predicted octanol–water partition coefficient (Wildman–Crippen LogP) is 3.73. The van der Waals surface area contributed by atoms with Gasteiger partial charge in [-0.3, -0.25) is 4.79 Å². The number of amides is 1. The van der Waals surface area contributed by atoms with E-state index in [-0.39, 0.29) is 11.9 Å². The Morgan fingerprint density at radius 1 is 1.18 bits per heavy atom. The molecule has 1 amide bonds. The van der Waals surface area contributed by atoms with E-state index in [1.807, 2.05) is 18.2 Å². The molecular formula is C23H29N3O2. The number of benzene rings is 2. The summed E-state index contributed by atoms with van der Waals surface area (Å²) in [7, 11) is 0. The smallest absolute Gasteiger partial charge is 0.225 e. The van der Waals surface area contributed by atoms with E-state index in [2.05, 4.69) is 46.7 Å². The molecule has 2 aliphatic rings. The van der Waals surface area contributed by atoms with Crippen LogP contribution in [0, 0.1) is 0 Å². The second kappa shape index (κ2) is 8.65. The average Bonchev–Trinajstić information content (AvgIpc) is 3.38. The van der Waals surface area contributed by atoms with E-state index >= 15 is 0 Å². The Hall–Kier alpha value is -2.53. The Morgan fingerprint density at radius 2 is 2.04 bits per heavy atom. The molecule has 1 fully saturated rings. The third-order valence-corrected chi connectivity index (χ3v) is 5.50. The molecule has 0 bridgehead atoms. The maximum atomic E-state index is 12.4. The van der Waals surface area contributed by atoms with E-state index in [4.69, 9.17) is 4.74 Å². The Labute approximate surface area is 167 Å². The summed E-state index contributed by atoms with van der Waals surface area (Å²) in [5.41, 5.74) is 4.58. The van der Waals surface area contributed by atoms with E-state index in [1.165, 1.54) is 29.7 Å². The minimum Gasteiger partial charge on any atom is -0.493 e. The Kier molecular flexibility index (Phi) is 5.81. The third-order valence-electron chi connectivity index (χ3n) is 5.50. The van der Waals surface area contributed by atoms with Gasteiger partial charge in [0, 0.05) is 49.9 Å². The molecule has 0 radical (unpaired) electrons. The molecule has 0 spiro atoms. The van der Waals surface area contributed by atoms with Gasteiger partial charge >= 0.3 is 0 Å². The minimum atomic E-state index is 0.0425. The maximum absolute atomic E-state index is 12.4. The maximum Gasteiger partial charge on any atom is 0.225 e. The van der Waals surface area contributed by atoms with Crippen LogP contribution < -0.4 is 20.3 Å². The van der Waals surface area contributed by atoms with Crippen LogP contribution in [0.2, 0.25) is 0 Å². The highest BCUT2D eigenvalue weighted by Crippen LogP contribution is 2.26. The normalized spacial score (nSPS) is 16.5. The van der Waals surface area contributed by atoms with Crippen LogP contribution in [-0.4, -0.2) is 31.6 Å². The quantitative estimate of drug-likeness (QED) is 0.770. The summed E-state index contributed by atoms with van der Waals surface area (Å²) in [5, 5.41) is 6.50. The van der Waals surface area contributed by atoms with Crippen molar-refractivity contribution in [3.8, 4) is 5.75 Å². The monoisotopic (exact) mass is 379 g/mol. The van der Waals surface area contributed by atoms with Crippen LogP contribution >= 0.6 is 0 Å². The molecule has 0 aliphatic carbocycles. The van der Waals surface area contributed by atoms with Gasteiger partial charge in [0.1, 0.15) is 5.75 Å². The van der Waals surface area contributed by atoms with Crippen LogP contribution in [0.5, 0.6) is 5.75 Å². The summed E-state index contributed by atoms with van der Waals surface area (Å²) in [6, 6.07) is 14.6. The summed E-state index contributed by atoms with van der Waals surface area (Å²) in [5.74, 6) is 1.05. The van der Waals surface area contributed by atoms with Crippen molar-refractivity contribution in [2.75, 3.05) is 29.9 Å². The molecule has 2 N–H and O–H groups in total. The van der Waals surface area contributed by atoms with Gasteiger partial charge in [0.2, 0.25) is 5.91 Å². The third kappa shape index (κ3) is 4.65. The zero-order chi connectivity index (χ0) is 19.3. The van der Waals surface area contributed by atoms with Gasteiger partial charge in [0.25, 0.3) is 0 Å². The van der Waals surface area contributed by atoms with Gasteiger partial charge in [-0.2, -0.15) is 0 Å². The summed E-state index contributed by atoms with van der Waals surface area (Å²) in [6.45, 7) is 5.80. The molecule has 2 aliphatic heterocycles. The van der Waals surface area contributed by atoms with Gasteiger partial charge in [-0.05, 0) is 55.2 Å². The molecular weight excluding hydrogens is 350 g/mol. The van der Waals surface area contributed by atoms with E-state index in [0.717, 1.165) is 44.1 Å². The second-order valence-electron chi connectivity index (χ2n) is 7.82. The van der Waals surface area contributed by atoms with Crippen LogP contribution in [0.3, 0.4) is 0 Å². The Bertz CT molecular complexity index is 830. The fourth-order valence-electron chi connectivity index (χ4n) is 3.96. The predicted molar refractivity (Wildman–Crippen MR) is 113 cm³/mol. The first-order valence-electron chi connectivity index (χ1n) is 10.3. The Morgan fingerprint density at radius 3 is 2.89 bits per heavy atom. The van der Waals surface area contributed by atoms with E-state index in [9.17, 15) is 4.79 Å². The SMILES string of the molecule is CC(CC(=O)Nc1cccc(N2CCCC2)c1)NCc1ccc2c(c1)CCO2. The van der Waals surface area contributed by atoms with Crippen LogP contribution in [0.4, 0.5) is 11.4 Å². The molecule has 2 aromatic rings. The highest BCUT2D eigenvalue weighted by molar-refractivity contribution is 5.91. The molecule has 28 heavy (non-hydrogen) atoms. The van der Waals surface area contributed by atoms with Gasteiger partial charge in [-0.15, -0.1) is 0 Å². The van der Waals surface area contributed by atoms with Crippen molar-refractivity contribution in [2.24, 2.45) is 0 Å². The lowest BCUT2D eigenvalue weighted by atomic mass is 10.1. The molecule has 2 heterocycles. The number of fused-ring (bicyclic) bond motifs is 1. The molecule has 5 heteroatoms. The molecule has 0 saturated carbocycles. The number of carbonyl (C=O) groups is 1. The van der Waals surface area contributed by atoms with Gasteiger partial charge in [0.05, 0.1) is 6.61 Å². The lowest BCUT2D eigenvalue weighted by molar-refractivity contribution is -0.116. The van der Waals surface area contributed by atoms with Crippen molar-refractivity contribution >= 4 is 17.3 Å². The van der Waals surface area contributed by atoms with Crippen molar-refractivity contribution in [3.05, 3.63) is 53.6 Å². The zero-order valence-corrected chi connectivity index (χ0v) is 16.5. The molecule has 0 aromatic heterocycles. The van der Waals surface area contributed by atoms with Crippen molar-refractivity contribution < 1.29 is 9.53 Å². The molecule has 5 nitrogen and oxygen atoms in total. The lowest BCUT2D eigenvalue weighted by Crippen LogP contribution is -2.30. The average molecular weight is 380 g/mol. The van der Waals surface area contributed by atoms with Crippen LogP contribution in [-0.2, 0) is 17.8 Å². The van der Waals surface area contributed by atoms with Gasteiger partial charge < -0.3 is 20.3 Å². The van der Waals surface area contributed by atoms with Crippen molar-refractivity contribution in [1.29, 1.82) is 0 Å². The highest BCUT2D eigenvalue weighted by atomic mass is 16.5. The van der Waals surface area contributed by atoms with Crippen LogP contribution in [0.1, 0.15) is 37.3 Å². The number of ether oxygens (including phenoxy) is 1. The topological polar surface area (TPSA) is 53.6 Å². The number of carbonyl (C=O) groups excluding carboxylic acids is 1. The summed E-state index contributed by atoms with van der Waals surface area (Å²) < 4.78 is 5.55. The first-order valence-corrected chi connectivity index (χ1v) is 10.3. The molecule has 2 aromatic carbocycles. The van der Waals surface area contributed by atoms with E-state index < -0.39 is 0 Å². The van der Waals surface area contributed by atoms with Crippen molar-refractivity contribution in [1.82, 2.24) is 5.32 Å².